The van der Waals surface area contributed by atoms with E-state index in [1.165, 1.54) is 6.92 Å². The van der Waals surface area contributed by atoms with Crippen LogP contribution < -0.4 is 0 Å². The lowest BCUT2D eigenvalue weighted by Crippen LogP contribution is -2.57. The summed E-state index contributed by atoms with van der Waals surface area (Å²) in [5, 5.41) is 0.456. The lowest BCUT2D eigenvalue weighted by Gasteiger charge is -2.54. The minimum Gasteiger partial charge on any atom is -0.459 e. The van der Waals surface area contributed by atoms with Gasteiger partial charge in [-0.2, -0.15) is 0 Å². The number of likely N-dealkylation sites (tertiary alicyclic amines) is 1. The largest absolute Gasteiger partial charge is 0.459 e. The fourth-order valence-corrected chi connectivity index (χ4v) is 7.35. The van der Waals surface area contributed by atoms with Gasteiger partial charge in [-0.3, -0.25) is 14.5 Å². The van der Waals surface area contributed by atoms with Gasteiger partial charge in [-0.05, 0) is 35.2 Å². The molecule has 182 valence electrons. The Morgan fingerprint density at radius 2 is 1.25 bits per heavy atom. The van der Waals surface area contributed by atoms with E-state index in [-0.39, 0.29) is 6.61 Å². The monoisotopic (exact) mass is 539 g/mol. The number of amides is 2. The molecule has 2 amide bonds. The topological polar surface area (TPSA) is 63.7 Å². The highest BCUT2D eigenvalue weighted by atomic mass is 35.5. The summed E-state index contributed by atoms with van der Waals surface area (Å²) in [6.45, 7) is 1.40. The maximum atomic E-state index is 13.9. The first-order valence-electron chi connectivity index (χ1n) is 11.6. The minimum absolute atomic E-state index is 0.0817. The number of imide groups is 1. The van der Waals surface area contributed by atoms with E-state index in [4.69, 9.17) is 39.5 Å². The number of benzene rings is 3. The van der Waals surface area contributed by atoms with Crippen molar-refractivity contribution in [1.82, 2.24) is 4.90 Å². The van der Waals surface area contributed by atoms with E-state index < -0.39 is 45.4 Å². The van der Waals surface area contributed by atoms with E-state index in [0.29, 0.717) is 32.8 Å². The maximum Gasteiger partial charge on any atom is 0.329 e. The average molecular weight is 541 g/mol. The fraction of sp³-hybridized carbons (Fsp3) is 0.250. The highest BCUT2D eigenvalue weighted by Gasteiger charge is 2.73. The molecule has 36 heavy (non-hydrogen) atoms. The van der Waals surface area contributed by atoms with Gasteiger partial charge in [-0.15, -0.1) is 23.2 Å². The third-order valence-electron chi connectivity index (χ3n) is 7.68. The fourth-order valence-electron chi connectivity index (χ4n) is 6.06. The number of carbonyl (C=O) groups excluding carboxylic acids is 3. The molecular formula is C28H20Cl3NO4. The highest BCUT2D eigenvalue weighted by Crippen LogP contribution is 2.69. The molecule has 0 saturated carbocycles. The molecule has 0 aromatic heterocycles. The summed E-state index contributed by atoms with van der Waals surface area (Å²) in [6, 6.07) is 20.6. The van der Waals surface area contributed by atoms with E-state index in [1.807, 2.05) is 48.5 Å². The Balaban J connectivity index is 1.40. The Kier molecular flexibility index (Phi) is 5.28. The Morgan fingerprint density at radius 1 is 0.833 bits per heavy atom. The number of halogens is 3. The van der Waals surface area contributed by atoms with Crippen LogP contribution >= 0.6 is 34.8 Å². The molecule has 3 aromatic rings. The zero-order chi connectivity index (χ0) is 25.4. The number of ether oxygens (including phenoxy) is 1. The van der Waals surface area contributed by atoms with E-state index in [0.717, 1.165) is 4.90 Å². The van der Waals surface area contributed by atoms with Gasteiger partial charge in [-0.1, -0.05) is 78.3 Å². The zero-order valence-electron chi connectivity index (χ0n) is 19.1. The molecule has 1 fully saturated rings. The molecule has 0 spiro atoms. The summed E-state index contributed by atoms with van der Waals surface area (Å²) in [4.78, 5) is 39.2. The first-order valence-corrected chi connectivity index (χ1v) is 12.7. The van der Waals surface area contributed by atoms with Crippen molar-refractivity contribution < 1.29 is 19.1 Å². The van der Waals surface area contributed by atoms with Crippen molar-refractivity contribution in [2.75, 3.05) is 0 Å². The quantitative estimate of drug-likeness (QED) is 0.254. The van der Waals surface area contributed by atoms with Gasteiger partial charge >= 0.3 is 5.97 Å². The SMILES string of the molecule is C[C@@H](C(=O)OCc1ccccc1Cl)N1C(=O)[C@@H]2[C@H](C1=O)C1(Cl)c3ccccc3C2(Cl)c2ccccc21. The highest BCUT2D eigenvalue weighted by molar-refractivity contribution is 6.36. The number of esters is 1. The normalized spacial score (nSPS) is 28.4. The smallest absolute Gasteiger partial charge is 0.329 e. The van der Waals surface area contributed by atoms with E-state index in [1.54, 1.807) is 24.3 Å². The molecule has 0 N–H and O–H groups in total. The molecule has 8 heteroatoms. The van der Waals surface area contributed by atoms with Crippen LogP contribution in [0.15, 0.2) is 72.8 Å². The standard InChI is InChI=1S/C28H20Cl3NO4/c1-15(26(35)36-14-16-8-2-7-13-21(16)29)32-24(33)22-23(25(32)34)28(31)18-10-4-3-9-17(18)27(22,30)19-11-5-6-12-20(19)28/h2-13,15,22-23H,14H2,1H3/t15-,22-,23+,27?,28?/m0/s1. The molecule has 2 bridgehead atoms. The van der Waals surface area contributed by atoms with Crippen LogP contribution in [0.2, 0.25) is 5.02 Å². The van der Waals surface area contributed by atoms with E-state index in [2.05, 4.69) is 0 Å². The first-order chi connectivity index (χ1) is 17.2. The van der Waals surface area contributed by atoms with Crippen LogP contribution in [0.25, 0.3) is 0 Å². The van der Waals surface area contributed by atoms with Crippen LogP contribution in [0.4, 0.5) is 0 Å². The number of hydrogen-bond donors (Lipinski definition) is 0. The number of hydrogen-bond acceptors (Lipinski definition) is 4. The summed E-state index contributed by atoms with van der Waals surface area (Å²) in [5.41, 5.74) is 3.45. The molecule has 3 atom stereocenters. The Morgan fingerprint density at radius 3 is 1.69 bits per heavy atom. The maximum absolute atomic E-state index is 13.9. The summed E-state index contributed by atoms with van der Waals surface area (Å²) >= 11 is 21.0. The molecule has 0 unspecified atom stereocenters. The second-order valence-corrected chi connectivity index (χ2v) is 11.0. The molecule has 1 heterocycles. The van der Waals surface area contributed by atoms with Gasteiger partial charge in [0.15, 0.2) is 0 Å². The average Bonchev–Trinajstić information content (AvgIpc) is 3.17. The van der Waals surface area contributed by atoms with Crippen LogP contribution in [0.3, 0.4) is 0 Å². The number of carbonyl (C=O) groups is 3. The van der Waals surface area contributed by atoms with Crippen LogP contribution in [0.1, 0.15) is 34.7 Å². The van der Waals surface area contributed by atoms with Gasteiger partial charge in [0.25, 0.3) is 0 Å². The van der Waals surface area contributed by atoms with Crippen molar-refractivity contribution in [1.29, 1.82) is 0 Å². The van der Waals surface area contributed by atoms with Gasteiger partial charge < -0.3 is 4.74 Å². The molecule has 3 aliphatic carbocycles. The number of alkyl halides is 2. The summed E-state index contributed by atoms with van der Waals surface area (Å²) in [7, 11) is 0. The Bertz CT molecular complexity index is 1330. The van der Waals surface area contributed by atoms with Gasteiger partial charge in [-0.25, -0.2) is 4.79 Å². The zero-order valence-corrected chi connectivity index (χ0v) is 21.3. The lowest BCUT2D eigenvalue weighted by atomic mass is 9.54. The first kappa shape index (κ1) is 23.5. The number of rotatable bonds is 4. The summed E-state index contributed by atoms with van der Waals surface area (Å²) in [5.74, 6) is -3.71. The third-order valence-corrected chi connectivity index (χ3v) is 9.33. The molecule has 7 rings (SSSR count). The molecule has 0 radical (unpaired) electrons. The van der Waals surface area contributed by atoms with Crippen LogP contribution in [0, 0.1) is 11.8 Å². The molecule has 3 aromatic carbocycles. The summed E-state index contributed by atoms with van der Waals surface area (Å²) in [6.07, 6.45) is 0. The third kappa shape index (κ3) is 2.88. The summed E-state index contributed by atoms with van der Waals surface area (Å²) < 4.78 is 5.44. The van der Waals surface area contributed by atoms with E-state index >= 15 is 0 Å². The molecule has 1 saturated heterocycles. The van der Waals surface area contributed by atoms with Crippen molar-refractivity contribution in [3.8, 4) is 0 Å². The van der Waals surface area contributed by atoms with Gasteiger partial charge in [0, 0.05) is 10.6 Å². The van der Waals surface area contributed by atoms with Crippen molar-refractivity contribution >= 4 is 52.6 Å². The van der Waals surface area contributed by atoms with Gasteiger partial charge in [0.1, 0.15) is 22.4 Å². The van der Waals surface area contributed by atoms with Gasteiger partial charge in [0.05, 0.1) is 11.8 Å². The van der Waals surface area contributed by atoms with Gasteiger partial charge in [0.2, 0.25) is 11.8 Å². The molecular weight excluding hydrogens is 521 g/mol. The van der Waals surface area contributed by atoms with E-state index in [9.17, 15) is 14.4 Å². The van der Waals surface area contributed by atoms with Crippen molar-refractivity contribution in [3.63, 3.8) is 0 Å². The second kappa shape index (κ2) is 8.07. The second-order valence-electron chi connectivity index (χ2n) is 9.39. The van der Waals surface area contributed by atoms with Crippen molar-refractivity contribution in [3.05, 3.63) is 106 Å². The Hall–Kier alpha value is -2.86. The van der Waals surface area contributed by atoms with Crippen molar-refractivity contribution in [2.45, 2.75) is 29.3 Å². The molecule has 5 nitrogen and oxygen atoms in total. The minimum atomic E-state index is -1.29. The Labute approximate surface area is 222 Å². The number of nitrogens with zero attached hydrogens (tertiary/aromatic N) is 1. The van der Waals surface area contributed by atoms with Crippen LogP contribution in [0.5, 0.6) is 0 Å². The lowest BCUT2D eigenvalue weighted by molar-refractivity contribution is -0.159. The van der Waals surface area contributed by atoms with Crippen LogP contribution in [-0.2, 0) is 35.5 Å². The van der Waals surface area contributed by atoms with Crippen molar-refractivity contribution in [2.24, 2.45) is 11.8 Å². The predicted molar refractivity (Wildman–Crippen MR) is 136 cm³/mol. The molecule has 1 aliphatic heterocycles. The molecule has 4 aliphatic rings. The predicted octanol–water partition coefficient (Wildman–Crippen LogP) is 5.36. The van der Waals surface area contributed by atoms with Crippen LogP contribution in [-0.4, -0.2) is 28.7 Å².